The van der Waals surface area contributed by atoms with Gasteiger partial charge < -0.3 is 0 Å². The van der Waals surface area contributed by atoms with Gasteiger partial charge in [0, 0.05) is 5.56 Å². The van der Waals surface area contributed by atoms with E-state index in [4.69, 9.17) is 0 Å². The zero-order valence-corrected chi connectivity index (χ0v) is 13.8. The standard InChI is InChI=1S/C20H19F3N2/c1-2-3-4-5-6-15-7-9-16(10-8-15)13-24-25-14-17-11-18(21)20(23)19(22)12-17/h2,7-14H,1,3-6H2. The van der Waals surface area contributed by atoms with Gasteiger partial charge in [0.2, 0.25) is 0 Å². The molecule has 0 amide bonds. The summed E-state index contributed by atoms with van der Waals surface area (Å²) in [5, 5.41) is 7.55. The Bertz CT molecular complexity index is 742. The van der Waals surface area contributed by atoms with E-state index < -0.39 is 17.5 Å². The first-order valence-electron chi connectivity index (χ1n) is 8.01. The number of halogens is 3. The molecule has 0 fully saturated rings. The normalized spacial score (nSPS) is 11.5. The van der Waals surface area contributed by atoms with Gasteiger partial charge in [-0.25, -0.2) is 13.2 Å². The molecule has 25 heavy (non-hydrogen) atoms. The second-order valence-electron chi connectivity index (χ2n) is 5.56. The molecular weight excluding hydrogens is 325 g/mol. The third-order valence-electron chi connectivity index (χ3n) is 3.59. The third kappa shape index (κ3) is 6.03. The molecule has 0 bridgehead atoms. The quantitative estimate of drug-likeness (QED) is 0.200. The van der Waals surface area contributed by atoms with Gasteiger partial charge in [-0.05, 0) is 48.9 Å². The molecule has 0 radical (unpaired) electrons. The van der Waals surface area contributed by atoms with Crippen molar-refractivity contribution >= 4 is 12.4 Å². The zero-order valence-electron chi connectivity index (χ0n) is 13.8. The van der Waals surface area contributed by atoms with Crippen molar-refractivity contribution in [1.82, 2.24) is 0 Å². The second-order valence-corrected chi connectivity index (χ2v) is 5.56. The first-order chi connectivity index (χ1) is 12.1. The molecular formula is C20H19F3N2. The Morgan fingerprint density at radius 1 is 0.840 bits per heavy atom. The summed E-state index contributed by atoms with van der Waals surface area (Å²) in [5.41, 5.74) is 2.22. The smallest absolute Gasteiger partial charge is 0.194 e. The van der Waals surface area contributed by atoms with Crippen molar-refractivity contribution in [2.24, 2.45) is 10.2 Å². The van der Waals surface area contributed by atoms with E-state index in [0.29, 0.717) is 0 Å². The summed E-state index contributed by atoms with van der Waals surface area (Å²) in [7, 11) is 0. The molecule has 2 aromatic rings. The Hall–Kier alpha value is -2.69. The lowest BCUT2D eigenvalue weighted by molar-refractivity contribution is 0.447. The number of nitrogens with zero attached hydrogens (tertiary/aromatic N) is 2. The van der Waals surface area contributed by atoms with E-state index in [2.05, 4.69) is 16.8 Å². The highest BCUT2D eigenvalue weighted by atomic mass is 19.2. The minimum absolute atomic E-state index is 0.100. The molecule has 0 N–H and O–H groups in total. The van der Waals surface area contributed by atoms with Gasteiger partial charge in [-0.2, -0.15) is 10.2 Å². The number of unbranched alkanes of at least 4 members (excludes halogenated alkanes) is 2. The second kappa shape index (κ2) is 9.57. The molecule has 2 nitrogen and oxygen atoms in total. The summed E-state index contributed by atoms with van der Waals surface area (Å²) in [6.45, 7) is 3.70. The average Bonchev–Trinajstić information content (AvgIpc) is 2.61. The highest BCUT2D eigenvalue weighted by Crippen LogP contribution is 2.12. The van der Waals surface area contributed by atoms with Crippen LogP contribution in [0.4, 0.5) is 13.2 Å². The molecule has 0 aliphatic heterocycles. The van der Waals surface area contributed by atoms with E-state index in [9.17, 15) is 13.2 Å². The predicted molar refractivity (Wildman–Crippen MR) is 95.7 cm³/mol. The molecule has 0 spiro atoms. The van der Waals surface area contributed by atoms with Crippen molar-refractivity contribution in [2.45, 2.75) is 25.7 Å². The SMILES string of the molecule is C=CCCCCc1ccc(C=NN=Cc2cc(F)c(F)c(F)c2)cc1. The van der Waals surface area contributed by atoms with E-state index in [1.54, 1.807) is 0 Å². The Balaban J connectivity index is 1.90. The van der Waals surface area contributed by atoms with Crippen LogP contribution < -0.4 is 0 Å². The van der Waals surface area contributed by atoms with E-state index >= 15 is 0 Å². The Morgan fingerprint density at radius 3 is 2.04 bits per heavy atom. The van der Waals surface area contributed by atoms with Gasteiger partial charge in [-0.1, -0.05) is 30.3 Å². The Labute approximate surface area is 145 Å². The van der Waals surface area contributed by atoms with Crippen LogP contribution in [0, 0.1) is 17.5 Å². The summed E-state index contributed by atoms with van der Waals surface area (Å²) in [6.07, 6.45) is 8.93. The maximum atomic E-state index is 13.1. The highest BCUT2D eigenvalue weighted by Gasteiger charge is 2.09. The Kier molecular flexibility index (Phi) is 7.14. The van der Waals surface area contributed by atoms with Crippen LogP contribution in [0.3, 0.4) is 0 Å². The minimum Gasteiger partial charge on any atom is -0.204 e. The lowest BCUT2D eigenvalue weighted by Gasteiger charge is -2.00. The topological polar surface area (TPSA) is 24.7 Å². The summed E-state index contributed by atoms with van der Waals surface area (Å²) in [5.74, 6) is -4.01. The van der Waals surface area contributed by atoms with Gasteiger partial charge in [0.15, 0.2) is 17.5 Å². The van der Waals surface area contributed by atoms with Crippen molar-refractivity contribution in [3.63, 3.8) is 0 Å². The Morgan fingerprint density at radius 2 is 1.44 bits per heavy atom. The van der Waals surface area contributed by atoms with Crippen LogP contribution in [0.2, 0.25) is 0 Å². The number of allylic oxidation sites excluding steroid dienone is 1. The number of benzene rings is 2. The predicted octanol–water partition coefficient (Wildman–Crippen LogP) is 5.46. The highest BCUT2D eigenvalue weighted by molar-refractivity contribution is 5.82. The lowest BCUT2D eigenvalue weighted by atomic mass is 10.1. The molecule has 0 aliphatic rings. The number of hydrogen-bond donors (Lipinski definition) is 0. The maximum absolute atomic E-state index is 13.1. The van der Waals surface area contributed by atoms with Crippen LogP contribution in [-0.2, 0) is 6.42 Å². The van der Waals surface area contributed by atoms with Crippen LogP contribution in [0.5, 0.6) is 0 Å². The minimum atomic E-state index is -1.50. The van der Waals surface area contributed by atoms with Crippen LogP contribution in [-0.4, -0.2) is 12.4 Å². The van der Waals surface area contributed by atoms with Crippen LogP contribution in [0.25, 0.3) is 0 Å². The van der Waals surface area contributed by atoms with Gasteiger partial charge in [0.1, 0.15) is 0 Å². The van der Waals surface area contributed by atoms with Gasteiger partial charge in [0.05, 0.1) is 12.4 Å². The first-order valence-corrected chi connectivity index (χ1v) is 8.01. The number of aryl methyl sites for hydroxylation is 1. The molecule has 0 aromatic heterocycles. The molecule has 0 aliphatic carbocycles. The molecule has 0 unspecified atom stereocenters. The molecule has 0 saturated carbocycles. The fraction of sp³-hybridized carbons (Fsp3) is 0.200. The number of rotatable bonds is 8. The van der Waals surface area contributed by atoms with E-state index in [1.807, 2.05) is 30.3 Å². The van der Waals surface area contributed by atoms with E-state index in [1.165, 1.54) is 11.8 Å². The fourth-order valence-corrected chi connectivity index (χ4v) is 2.24. The van der Waals surface area contributed by atoms with Crippen molar-refractivity contribution in [3.05, 3.63) is 83.2 Å². The molecule has 2 rings (SSSR count). The number of hydrogen-bond acceptors (Lipinski definition) is 2. The third-order valence-corrected chi connectivity index (χ3v) is 3.59. The van der Waals surface area contributed by atoms with Crippen molar-refractivity contribution in [2.75, 3.05) is 0 Å². The summed E-state index contributed by atoms with van der Waals surface area (Å²) in [4.78, 5) is 0. The molecule has 130 valence electrons. The first kappa shape index (κ1) is 18.6. The van der Waals surface area contributed by atoms with Gasteiger partial charge in [0.25, 0.3) is 0 Å². The zero-order chi connectivity index (χ0) is 18.1. The monoisotopic (exact) mass is 344 g/mol. The van der Waals surface area contributed by atoms with Crippen molar-refractivity contribution in [1.29, 1.82) is 0 Å². The summed E-state index contributed by atoms with van der Waals surface area (Å²) in [6, 6.07) is 9.64. The molecule has 0 heterocycles. The van der Waals surface area contributed by atoms with Crippen LogP contribution >= 0.6 is 0 Å². The summed E-state index contributed by atoms with van der Waals surface area (Å²) < 4.78 is 39.0. The summed E-state index contributed by atoms with van der Waals surface area (Å²) >= 11 is 0. The fourth-order valence-electron chi connectivity index (χ4n) is 2.24. The lowest BCUT2D eigenvalue weighted by Crippen LogP contribution is -1.93. The maximum Gasteiger partial charge on any atom is 0.194 e. The molecule has 2 aromatic carbocycles. The van der Waals surface area contributed by atoms with Gasteiger partial charge in [-0.15, -0.1) is 6.58 Å². The average molecular weight is 344 g/mol. The van der Waals surface area contributed by atoms with Crippen molar-refractivity contribution < 1.29 is 13.2 Å². The van der Waals surface area contributed by atoms with E-state index in [0.717, 1.165) is 49.6 Å². The van der Waals surface area contributed by atoms with Crippen LogP contribution in [0.15, 0.2) is 59.3 Å². The van der Waals surface area contributed by atoms with E-state index in [-0.39, 0.29) is 5.56 Å². The van der Waals surface area contributed by atoms with Crippen LogP contribution in [0.1, 0.15) is 36.0 Å². The van der Waals surface area contributed by atoms with Crippen molar-refractivity contribution in [3.8, 4) is 0 Å². The largest absolute Gasteiger partial charge is 0.204 e. The molecule has 5 heteroatoms. The van der Waals surface area contributed by atoms with Gasteiger partial charge in [-0.3, -0.25) is 0 Å². The molecule has 0 atom stereocenters. The molecule has 0 saturated heterocycles. The van der Waals surface area contributed by atoms with Gasteiger partial charge >= 0.3 is 0 Å².